The van der Waals surface area contributed by atoms with Gasteiger partial charge in [-0.2, -0.15) is 0 Å². The number of hydrogen-bond donors (Lipinski definition) is 2. The number of carbonyl (C=O) groups excluding carboxylic acids is 2. The highest BCUT2D eigenvalue weighted by Gasteiger charge is 2.38. The predicted octanol–water partition coefficient (Wildman–Crippen LogP) is 0.0269. The molecule has 1 saturated heterocycles. The first-order valence-corrected chi connectivity index (χ1v) is 6.40. The van der Waals surface area contributed by atoms with E-state index in [9.17, 15) is 14.7 Å². The number of nitrogens with zero attached hydrogens (tertiary/aromatic N) is 1. The summed E-state index contributed by atoms with van der Waals surface area (Å²) in [4.78, 5) is 24.7. The summed E-state index contributed by atoms with van der Waals surface area (Å²) < 4.78 is 0. The minimum Gasteiger partial charge on any atom is -0.393 e. The first-order chi connectivity index (χ1) is 8.11. The maximum atomic E-state index is 11.9. The Morgan fingerprint density at radius 2 is 1.94 bits per heavy atom. The number of nitrogens with one attached hydrogen (secondary N) is 1. The van der Waals surface area contributed by atoms with E-state index >= 15 is 0 Å². The molecule has 2 fully saturated rings. The number of likely N-dealkylation sites (tertiary alicyclic amines) is 1. The van der Waals surface area contributed by atoms with Gasteiger partial charge in [-0.3, -0.25) is 14.5 Å². The van der Waals surface area contributed by atoms with Crippen LogP contribution >= 0.6 is 0 Å². The minimum atomic E-state index is -0.345. The second-order valence-corrected chi connectivity index (χ2v) is 4.91. The van der Waals surface area contributed by atoms with Gasteiger partial charge in [0.05, 0.1) is 18.6 Å². The number of imide groups is 1. The van der Waals surface area contributed by atoms with Crippen LogP contribution in [0.2, 0.25) is 0 Å². The largest absolute Gasteiger partial charge is 0.393 e. The zero-order valence-corrected chi connectivity index (χ0v) is 10.2. The predicted molar refractivity (Wildman–Crippen MR) is 62.2 cm³/mol. The van der Waals surface area contributed by atoms with Gasteiger partial charge in [0.1, 0.15) is 0 Å². The molecule has 1 aliphatic heterocycles. The van der Waals surface area contributed by atoms with Crippen molar-refractivity contribution in [3.05, 3.63) is 0 Å². The second kappa shape index (κ2) is 5.14. The number of aliphatic hydroxyl groups is 1. The van der Waals surface area contributed by atoms with Crippen molar-refractivity contribution in [1.29, 1.82) is 0 Å². The third kappa shape index (κ3) is 2.66. The monoisotopic (exact) mass is 240 g/mol. The van der Waals surface area contributed by atoms with E-state index in [1.807, 2.05) is 6.92 Å². The fourth-order valence-corrected chi connectivity index (χ4v) is 2.67. The molecule has 2 amide bonds. The maximum absolute atomic E-state index is 11.9. The van der Waals surface area contributed by atoms with E-state index in [-0.39, 0.29) is 36.4 Å². The lowest BCUT2D eigenvalue weighted by Gasteiger charge is -2.28. The Bertz CT molecular complexity index is 311. The molecule has 0 aromatic carbocycles. The summed E-state index contributed by atoms with van der Waals surface area (Å²) in [5.74, 6) is -0.172. The van der Waals surface area contributed by atoms with Crippen LogP contribution in [-0.2, 0) is 9.59 Å². The Morgan fingerprint density at radius 3 is 2.47 bits per heavy atom. The highest BCUT2D eigenvalue weighted by atomic mass is 16.3. The van der Waals surface area contributed by atoms with Crippen LogP contribution in [-0.4, -0.2) is 46.6 Å². The van der Waals surface area contributed by atoms with Crippen LogP contribution in [0.15, 0.2) is 0 Å². The molecule has 0 bridgehead atoms. The van der Waals surface area contributed by atoms with Crippen molar-refractivity contribution in [2.75, 3.05) is 6.54 Å². The maximum Gasteiger partial charge on any atom is 0.246 e. The average molecular weight is 240 g/mol. The number of likely N-dealkylation sites (N-methyl/N-ethyl adjacent to an activating group) is 1. The SMILES string of the molecule is CCN1C(=O)CC(NC2CCC(O)CC2)C1=O. The summed E-state index contributed by atoms with van der Waals surface area (Å²) in [6, 6.07) is -0.0837. The molecule has 17 heavy (non-hydrogen) atoms. The zero-order chi connectivity index (χ0) is 12.4. The first kappa shape index (κ1) is 12.5. The van der Waals surface area contributed by atoms with Gasteiger partial charge in [0.25, 0.3) is 0 Å². The van der Waals surface area contributed by atoms with E-state index in [0.717, 1.165) is 25.7 Å². The van der Waals surface area contributed by atoms with Crippen molar-refractivity contribution in [3.63, 3.8) is 0 Å². The molecule has 5 heteroatoms. The molecule has 5 nitrogen and oxygen atoms in total. The summed E-state index contributed by atoms with van der Waals surface area (Å²) in [5.41, 5.74) is 0. The molecule has 2 rings (SSSR count). The van der Waals surface area contributed by atoms with Crippen molar-refractivity contribution in [2.45, 2.75) is 57.2 Å². The van der Waals surface area contributed by atoms with Crippen LogP contribution in [0.5, 0.6) is 0 Å². The van der Waals surface area contributed by atoms with E-state index in [1.165, 1.54) is 4.90 Å². The van der Waals surface area contributed by atoms with Gasteiger partial charge in [0, 0.05) is 12.6 Å². The van der Waals surface area contributed by atoms with Crippen LogP contribution in [0, 0.1) is 0 Å². The molecule has 0 aromatic rings. The van der Waals surface area contributed by atoms with Gasteiger partial charge in [-0.15, -0.1) is 0 Å². The summed E-state index contributed by atoms with van der Waals surface area (Å²) in [5, 5.41) is 12.7. The highest BCUT2D eigenvalue weighted by molar-refractivity contribution is 6.05. The molecular weight excluding hydrogens is 220 g/mol. The molecule has 96 valence electrons. The lowest BCUT2D eigenvalue weighted by molar-refractivity contribution is -0.138. The summed E-state index contributed by atoms with van der Waals surface area (Å²) in [6.07, 6.45) is 3.41. The van der Waals surface area contributed by atoms with Crippen molar-refractivity contribution in [1.82, 2.24) is 10.2 Å². The lowest BCUT2D eigenvalue weighted by Crippen LogP contribution is -2.45. The smallest absolute Gasteiger partial charge is 0.246 e. The van der Waals surface area contributed by atoms with Crippen LogP contribution < -0.4 is 5.32 Å². The highest BCUT2D eigenvalue weighted by Crippen LogP contribution is 2.21. The standard InChI is InChI=1S/C12H20N2O3/c1-2-14-11(16)7-10(12(14)17)13-8-3-5-9(15)6-4-8/h8-10,13,15H,2-7H2,1H3. The molecule has 0 radical (unpaired) electrons. The van der Waals surface area contributed by atoms with Crippen molar-refractivity contribution >= 4 is 11.8 Å². The second-order valence-electron chi connectivity index (χ2n) is 4.91. The Hall–Kier alpha value is -0.940. The quantitative estimate of drug-likeness (QED) is 0.683. The first-order valence-electron chi connectivity index (χ1n) is 6.40. The molecule has 1 saturated carbocycles. The Morgan fingerprint density at radius 1 is 1.29 bits per heavy atom. The summed E-state index contributed by atoms with van der Waals surface area (Å²) in [6.45, 7) is 2.27. The molecule has 1 unspecified atom stereocenters. The van der Waals surface area contributed by atoms with Crippen molar-refractivity contribution in [3.8, 4) is 0 Å². The van der Waals surface area contributed by atoms with Crippen molar-refractivity contribution in [2.24, 2.45) is 0 Å². The summed E-state index contributed by atoms with van der Waals surface area (Å²) >= 11 is 0. The molecule has 1 heterocycles. The topological polar surface area (TPSA) is 69.6 Å². The van der Waals surface area contributed by atoms with Crippen LogP contribution in [0.25, 0.3) is 0 Å². The number of amides is 2. The lowest BCUT2D eigenvalue weighted by atomic mass is 9.92. The fourth-order valence-electron chi connectivity index (χ4n) is 2.67. The van der Waals surface area contributed by atoms with Crippen LogP contribution in [0.4, 0.5) is 0 Å². The zero-order valence-electron chi connectivity index (χ0n) is 10.2. The molecule has 0 aromatic heterocycles. The molecule has 1 aliphatic carbocycles. The van der Waals surface area contributed by atoms with E-state index < -0.39 is 0 Å². The number of rotatable bonds is 3. The normalized spacial score (nSPS) is 34.5. The van der Waals surface area contributed by atoms with E-state index in [1.54, 1.807) is 0 Å². The number of aliphatic hydroxyl groups excluding tert-OH is 1. The third-order valence-electron chi connectivity index (χ3n) is 3.69. The number of carbonyl (C=O) groups is 2. The van der Waals surface area contributed by atoms with E-state index in [0.29, 0.717) is 6.54 Å². The summed E-state index contributed by atoms with van der Waals surface area (Å²) in [7, 11) is 0. The van der Waals surface area contributed by atoms with Gasteiger partial charge in [0.15, 0.2) is 0 Å². The fraction of sp³-hybridized carbons (Fsp3) is 0.833. The molecule has 2 N–H and O–H groups in total. The van der Waals surface area contributed by atoms with Gasteiger partial charge >= 0.3 is 0 Å². The Balaban J connectivity index is 1.88. The molecule has 1 atom stereocenters. The average Bonchev–Trinajstić information content (AvgIpc) is 2.57. The van der Waals surface area contributed by atoms with Gasteiger partial charge in [-0.25, -0.2) is 0 Å². The van der Waals surface area contributed by atoms with Gasteiger partial charge in [0.2, 0.25) is 11.8 Å². The minimum absolute atomic E-state index is 0.0779. The van der Waals surface area contributed by atoms with E-state index in [4.69, 9.17) is 0 Å². The van der Waals surface area contributed by atoms with E-state index in [2.05, 4.69) is 5.32 Å². The third-order valence-corrected chi connectivity index (χ3v) is 3.69. The molecular formula is C12H20N2O3. The Kier molecular flexibility index (Phi) is 3.79. The van der Waals surface area contributed by atoms with Gasteiger partial charge in [-0.1, -0.05) is 0 Å². The van der Waals surface area contributed by atoms with Crippen LogP contribution in [0.3, 0.4) is 0 Å². The van der Waals surface area contributed by atoms with Crippen LogP contribution in [0.1, 0.15) is 39.0 Å². The van der Waals surface area contributed by atoms with Gasteiger partial charge < -0.3 is 10.4 Å². The van der Waals surface area contributed by atoms with Gasteiger partial charge in [-0.05, 0) is 32.6 Å². The molecule has 2 aliphatic rings. The molecule has 0 spiro atoms. The van der Waals surface area contributed by atoms with Crippen molar-refractivity contribution < 1.29 is 14.7 Å². The Labute approximate surface area is 101 Å². The number of hydrogen-bond acceptors (Lipinski definition) is 4.